The maximum Gasteiger partial charge on any atom is 0.0936 e. The first-order valence-electron chi connectivity index (χ1n) is 13.9. The third kappa shape index (κ3) is 5.27. The van der Waals surface area contributed by atoms with Crippen molar-refractivity contribution in [1.29, 1.82) is 0 Å². The van der Waals surface area contributed by atoms with E-state index in [1.165, 1.54) is 41.0 Å². The Morgan fingerprint density at radius 3 is 2.39 bits per heavy atom. The molecule has 1 N–H and O–H groups in total. The third-order valence-electron chi connectivity index (χ3n) is 7.96. The third-order valence-corrected chi connectivity index (χ3v) is 7.96. The second-order valence-electron chi connectivity index (χ2n) is 10.7. The van der Waals surface area contributed by atoms with E-state index < -0.39 is 0 Å². The first-order valence-corrected chi connectivity index (χ1v) is 13.9. The van der Waals surface area contributed by atoms with E-state index in [2.05, 4.69) is 115 Å². The van der Waals surface area contributed by atoms with Crippen molar-refractivity contribution in [3.63, 3.8) is 0 Å². The van der Waals surface area contributed by atoms with Gasteiger partial charge in [0.05, 0.1) is 16.9 Å². The second kappa shape index (κ2) is 10.9. The molecule has 0 bridgehead atoms. The van der Waals surface area contributed by atoms with Crippen LogP contribution < -0.4 is 5.32 Å². The van der Waals surface area contributed by atoms with E-state index in [1.807, 2.05) is 0 Å². The minimum absolute atomic E-state index is 0.344. The molecule has 4 heteroatoms. The van der Waals surface area contributed by atoms with Crippen LogP contribution in [0.1, 0.15) is 48.3 Å². The first kappa shape index (κ1) is 24.6. The van der Waals surface area contributed by atoms with E-state index in [1.54, 1.807) is 0 Å². The lowest BCUT2D eigenvalue weighted by Gasteiger charge is -2.41. The van der Waals surface area contributed by atoms with Gasteiger partial charge in [-0.3, -0.25) is 14.9 Å². The summed E-state index contributed by atoms with van der Waals surface area (Å²) in [5.41, 5.74) is 6.84. The number of pyridine rings is 2. The second-order valence-corrected chi connectivity index (χ2v) is 10.7. The summed E-state index contributed by atoms with van der Waals surface area (Å²) in [4.78, 5) is 12.5. The zero-order valence-electron chi connectivity index (χ0n) is 22.4. The fourth-order valence-corrected chi connectivity index (χ4v) is 6.11. The first-order chi connectivity index (χ1) is 18.6. The van der Waals surface area contributed by atoms with Gasteiger partial charge >= 0.3 is 0 Å². The number of fused-ring (bicyclic) bond motifs is 2. The van der Waals surface area contributed by atoms with Gasteiger partial charge in [-0.1, -0.05) is 79.6 Å². The number of nitrogens with one attached hydrogen (secondary N) is 1. The highest BCUT2D eigenvalue weighted by Crippen LogP contribution is 2.32. The summed E-state index contributed by atoms with van der Waals surface area (Å²) < 4.78 is 0. The topological polar surface area (TPSA) is 41.0 Å². The van der Waals surface area contributed by atoms with Gasteiger partial charge in [-0.25, -0.2) is 0 Å². The molecule has 2 heterocycles. The van der Waals surface area contributed by atoms with Crippen LogP contribution in [-0.2, 0) is 13.1 Å². The zero-order chi connectivity index (χ0) is 25.9. The highest BCUT2D eigenvalue weighted by atomic mass is 15.2. The Kier molecular flexibility index (Phi) is 7.06. The lowest BCUT2D eigenvalue weighted by molar-refractivity contribution is 0.127. The van der Waals surface area contributed by atoms with Crippen molar-refractivity contribution in [3.8, 4) is 0 Å². The van der Waals surface area contributed by atoms with Crippen LogP contribution in [0.2, 0.25) is 0 Å². The quantitative estimate of drug-likeness (QED) is 0.247. The molecule has 1 aliphatic carbocycles. The van der Waals surface area contributed by atoms with Gasteiger partial charge in [0.2, 0.25) is 0 Å². The van der Waals surface area contributed by atoms with E-state index in [9.17, 15) is 0 Å². The Bertz CT molecular complexity index is 1550. The monoisotopic (exact) mass is 500 g/mol. The summed E-state index contributed by atoms with van der Waals surface area (Å²) in [6, 6.07) is 33.3. The molecule has 38 heavy (non-hydrogen) atoms. The lowest BCUT2D eigenvalue weighted by atomic mass is 9.88. The van der Waals surface area contributed by atoms with Gasteiger partial charge in [0.25, 0.3) is 0 Å². The molecule has 2 aromatic heterocycles. The molecule has 0 amide bonds. The summed E-state index contributed by atoms with van der Waals surface area (Å²) in [6.07, 6.45) is 4.82. The van der Waals surface area contributed by atoms with Crippen molar-refractivity contribution in [1.82, 2.24) is 14.9 Å². The van der Waals surface area contributed by atoms with Crippen molar-refractivity contribution in [2.45, 2.75) is 64.7 Å². The molecular weight excluding hydrogens is 464 g/mol. The van der Waals surface area contributed by atoms with Crippen LogP contribution in [0.25, 0.3) is 21.7 Å². The largest absolute Gasteiger partial charge is 0.379 e. The Labute approximate surface area is 225 Å². The molecule has 0 aliphatic heterocycles. The van der Waals surface area contributed by atoms with Gasteiger partial charge in [-0.2, -0.15) is 0 Å². The molecule has 0 saturated heterocycles. The molecule has 2 atom stereocenters. The van der Waals surface area contributed by atoms with Gasteiger partial charge in [-0.05, 0) is 67.3 Å². The number of hydrogen-bond donors (Lipinski definition) is 1. The number of hydrogen-bond acceptors (Lipinski definition) is 4. The molecular formula is C34H36N4. The van der Waals surface area contributed by atoms with Crippen LogP contribution in [0.4, 0.5) is 5.69 Å². The van der Waals surface area contributed by atoms with Crippen molar-refractivity contribution in [2.75, 3.05) is 5.32 Å². The predicted octanol–water partition coefficient (Wildman–Crippen LogP) is 7.83. The standard InChI is InChI=1S/C34H36N4/c1-24-10-7-15-29(35-24)23-38(22-28-14-8-12-26-11-3-4-16-30(26)28)33-19-6-5-17-31(33)37-32-18-9-13-27-21-20-25(2)36-34(27)32/h3-4,7-16,18,20-21,31,33,37H,5-6,17,19,22-23H2,1-2H3/t31-,33-/m0/s1. The normalized spacial score (nSPS) is 17.8. The Hall–Kier alpha value is -3.76. The van der Waals surface area contributed by atoms with Crippen LogP contribution in [0.3, 0.4) is 0 Å². The molecule has 1 aliphatic rings. The van der Waals surface area contributed by atoms with Crippen LogP contribution in [0.5, 0.6) is 0 Å². The van der Waals surface area contributed by atoms with Crippen LogP contribution in [0.15, 0.2) is 91.0 Å². The number of benzene rings is 3. The summed E-state index contributed by atoms with van der Waals surface area (Å²) in [7, 11) is 0. The van der Waals surface area contributed by atoms with Crippen molar-refractivity contribution >= 4 is 27.4 Å². The number of anilines is 1. The number of para-hydroxylation sites is 1. The van der Waals surface area contributed by atoms with E-state index in [0.29, 0.717) is 12.1 Å². The smallest absolute Gasteiger partial charge is 0.0936 e. The number of aromatic nitrogens is 2. The van der Waals surface area contributed by atoms with Crippen molar-refractivity contribution in [2.24, 2.45) is 0 Å². The number of nitrogens with zero attached hydrogens (tertiary/aromatic N) is 3. The minimum Gasteiger partial charge on any atom is -0.379 e. The van der Waals surface area contributed by atoms with Gasteiger partial charge in [0.15, 0.2) is 0 Å². The van der Waals surface area contributed by atoms with Crippen LogP contribution >= 0.6 is 0 Å². The summed E-state index contributed by atoms with van der Waals surface area (Å²) in [5, 5.41) is 7.80. The molecule has 5 aromatic rings. The fourth-order valence-electron chi connectivity index (χ4n) is 6.11. The maximum atomic E-state index is 4.90. The van der Waals surface area contributed by atoms with E-state index >= 15 is 0 Å². The molecule has 0 radical (unpaired) electrons. The maximum absolute atomic E-state index is 4.90. The summed E-state index contributed by atoms with van der Waals surface area (Å²) in [5.74, 6) is 0. The molecule has 6 rings (SSSR count). The summed E-state index contributed by atoms with van der Waals surface area (Å²) >= 11 is 0. The average Bonchev–Trinajstić information content (AvgIpc) is 2.94. The summed E-state index contributed by atoms with van der Waals surface area (Å²) in [6.45, 7) is 5.88. The Morgan fingerprint density at radius 1 is 0.711 bits per heavy atom. The molecule has 4 nitrogen and oxygen atoms in total. The molecule has 0 unspecified atom stereocenters. The van der Waals surface area contributed by atoms with Gasteiger partial charge in [-0.15, -0.1) is 0 Å². The van der Waals surface area contributed by atoms with Gasteiger partial charge < -0.3 is 5.32 Å². The van der Waals surface area contributed by atoms with Crippen LogP contribution in [-0.4, -0.2) is 27.0 Å². The van der Waals surface area contributed by atoms with Crippen molar-refractivity contribution < 1.29 is 0 Å². The van der Waals surface area contributed by atoms with Crippen LogP contribution in [0, 0.1) is 13.8 Å². The molecule has 192 valence electrons. The van der Waals surface area contributed by atoms with Crippen molar-refractivity contribution in [3.05, 3.63) is 114 Å². The molecule has 1 fully saturated rings. The highest BCUT2D eigenvalue weighted by Gasteiger charge is 2.31. The van der Waals surface area contributed by atoms with Gasteiger partial charge in [0.1, 0.15) is 0 Å². The fraction of sp³-hybridized carbons (Fsp3) is 0.294. The van der Waals surface area contributed by atoms with E-state index in [0.717, 1.165) is 47.8 Å². The van der Waals surface area contributed by atoms with E-state index in [-0.39, 0.29) is 0 Å². The molecule has 1 saturated carbocycles. The lowest BCUT2D eigenvalue weighted by Crippen LogP contribution is -2.48. The molecule has 0 spiro atoms. The Morgan fingerprint density at radius 2 is 1.47 bits per heavy atom. The highest BCUT2D eigenvalue weighted by molar-refractivity contribution is 5.90. The zero-order valence-corrected chi connectivity index (χ0v) is 22.4. The Balaban J connectivity index is 1.36. The van der Waals surface area contributed by atoms with Gasteiger partial charge in [0, 0.05) is 41.9 Å². The molecule has 3 aromatic carbocycles. The number of rotatable bonds is 7. The SMILES string of the molecule is Cc1cccc(CN(Cc2cccc3ccccc23)[C@H]2CCCC[C@@H]2Nc2cccc3ccc(C)nc23)n1. The van der Waals surface area contributed by atoms with E-state index in [4.69, 9.17) is 9.97 Å². The predicted molar refractivity (Wildman–Crippen MR) is 158 cm³/mol. The number of aryl methyl sites for hydroxylation is 2. The minimum atomic E-state index is 0.344. The average molecular weight is 501 g/mol.